The van der Waals surface area contributed by atoms with Gasteiger partial charge in [0.25, 0.3) is 0 Å². The molecule has 4 nitrogen and oxygen atoms in total. The summed E-state index contributed by atoms with van der Waals surface area (Å²) < 4.78 is 53.4. The van der Waals surface area contributed by atoms with E-state index in [0.29, 0.717) is 5.56 Å². The van der Waals surface area contributed by atoms with E-state index in [0.717, 1.165) is 0 Å². The lowest BCUT2D eigenvalue weighted by Crippen LogP contribution is -2.24. The minimum atomic E-state index is -4.93. The maximum absolute atomic E-state index is 12.7. The zero-order chi connectivity index (χ0) is 14.8. The highest BCUT2D eigenvalue weighted by atomic mass is 19.4. The summed E-state index contributed by atoms with van der Waals surface area (Å²) in [6.07, 6.45) is -5.74. The fraction of sp³-hybridized carbons (Fsp3) is 0.250. The molecule has 0 fully saturated rings. The van der Waals surface area contributed by atoms with Crippen molar-refractivity contribution in [1.82, 2.24) is 10.1 Å². The van der Waals surface area contributed by atoms with E-state index in [4.69, 9.17) is 0 Å². The molecule has 0 unspecified atom stereocenters. The molecule has 8 heteroatoms. The molecule has 0 saturated carbocycles. The third-order valence-corrected chi connectivity index (χ3v) is 2.41. The van der Waals surface area contributed by atoms with Crippen molar-refractivity contribution in [2.24, 2.45) is 0 Å². The van der Waals surface area contributed by atoms with Crippen LogP contribution in [0.5, 0.6) is 0 Å². The number of benzene rings is 1. The van der Waals surface area contributed by atoms with E-state index in [1.54, 1.807) is 0 Å². The molecule has 20 heavy (non-hydrogen) atoms. The average molecular weight is 288 g/mol. The van der Waals surface area contributed by atoms with Crippen LogP contribution in [-0.2, 0) is 17.6 Å². The number of rotatable bonds is 4. The van der Waals surface area contributed by atoms with Crippen LogP contribution in [0.15, 0.2) is 28.8 Å². The van der Waals surface area contributed by atoms with Gasteiger partial charge in [0.05, 0.1) is 6.42 Å². The van der Waals surface area contributed by atoms with Gasteiger partial charge in [-0.25, -0.2) is 4.39 Å². The molecule has 1 aromatic heterocycles. The van der Waals surface area contributed by atoms with E-state index in [-0.39, 0.29) is 12.2 Å². The summed E-state index contributed by atoms with van der Waals surface area (Å²) in [6.45, 7) is 0. The van der Waals surface area contributed by atoms with Gasteiger partial charge in [-0.15, -0.1) is 0 Å². The molecule has 0 saturated heterocycles. The first-order valence-corrected chi connectivity index (χ1v) is 5.50. The van der Waals surface area contributed by atoms with E-state index in [1.165, 1.54) is 24.3 Å². The minimum Gasteiger partial charge on any atom is -0.339 e. The Hall–Kier alpha value is -2.25. The molecule has 1 aromatic carbocycles. The maximum Gasteiger partial charge on any atom is 0.450 e. The molecule has 106 valence electrons. The summed E-state index contributed by atoms with van der Waals surface area (Å²) in [5, 5.41) is 3.47. The number of carbonyl (C=O) groups excluding carboxylic acids is 1. The summed E-state index contributed by atoms with van der Waals surface area (Å²) in [6, 6.07) is 5.46. The van der Waals surface area contributed by atoms with Crippen molar-refractivity contribution in [3.63, 3.8) is 0 Å². The van der Waals surface area contributed by atoms with Crippen molar-refractivity contribution in [3.05, 3.63) is 47.4 Å². The Labute approximate surface area is 110 Å². The predicted octanol–water partition coefficient (Wildman–Crippen LogP) is 2.47. The molecule has 0 radical (unpaired) electrons. The first kappa shape index (κ1) is 14.2. The predicted molar refractivity (Wildman–Crippen MR) is 58.3 cm³/mol. The number of aromatic nitrogens is 2. The summed E-state index contributed by atoms with van der Waals surface area (Å²) in [7, 11) is 0. The van der Waals surface area contributed by atoms with Gasteiger partial charge < -0.3 is 4.52 Å². The van der Waals surface area contributed by atoms with E-state index in [2.05, 4.69) is 14.7 Å². The number of hydrogen-bond acceptors (Lipinski definition) is 4. The first-order chi connectivity index (χ1) is 9.34. The standard InChI is InChI=1S/C12H8F4N2O2/c13-8-3-1-7(2-4-8)5-10-17-11(20-18-10)6-9(19)12(14,15)16/h1-4H,5-6H2. The third-order valence-electron chi connectivity index (χ3n) is 2.41. The molecule has 0 aliphatic heterocycles. The van der Waals surface area contributed by atoms with Crippen molar-refractivity contribution < 1.29 is 26.9 Å². The fourth-order valence-corrected chi connectivity index (χ4v) is 1.46. The molecule has 2 rings (SSSR count). The van der Waals surface area contributed by atoms with Gasteiger partial charge >= 0.3 is 6.18 Å². The number of alkyl halides is 3. The topological polar surface area (TPSA) is 56.0 Å². The van der Waals surface area contributed by atoms with Gasteiger partial charge in [-0.2, -0.15) is 18.2 Å². The second kappa shape index (κ2) is 5.40. The van der Waals surface area contributed by atoms with Gasteiger partial charge in [0, 0.05) is 6.42 Å². The van der Waals surface area contributed by atoms with Gasteiger partial charge in [0.1, 0.15) is 5.82 Å². The Balaban J connectivity index is 2.02. The third kappa shape index (κ3) is 3.62. The summed E-state index contributed by atoms with van der Waals surface area (Å²) >= 11 is 0. The van der Waals surface area contributed by atoms with Crippen LogP contribution in [0.25, 0.3) is 0 Å². The maximum atomic E-state index is 12.7. The molecule has 0 aliphatic carbocycles. The number of Topliss-reactive ketones (excluding diaryl/α,β-unsaturated/α-hetero) is 1. The monoisotopic (exact) mass is 288 g/mol. The highest BCUT2D eigenvalue weighted by Crippen LogP contribution is 2.18. The highest BCUT2D eigenvalue weighted by Gasteiger charge is 2.39. The molecule has 0 atom stereocenters. The molecule has 0 N–H and O–H groups in total. The smallest absolute Gasteiger partial charge is 0.339 e. The van der Waals surface area contributed by atoms with E-state index in [9.17, 15) is 22.4 Å². The Bertz CT molecular complexity index is 605. The first-order valence-electron chi connectivity index (χ1n) is 5.50. The summed E-state index contributed by atoms with van der Waals surface area (Å²) in [4.78, 5) is 14.4. The number of nitrogens with zero attached hydrogens (tertiary/aromatic N) is 2. The lowest BCUT2D eigenvalue weighted by atomic mass is 10.1. The van der Waals surface area contributed by atoms with Crippen molar-refractivity contribution in [2.75, 3.05) is 0 Å². The normalized spacial score (nSPS) is 11.6. The van der Waals surface area contributed by atoms with Gasteiger partial charge in [-0.3, -0.25) is 4.79 Å². The summed E-state index contributed by atoms with van der Waals surface area (Å²) in [5.41, 5.74) is 0.667. The average Bonchev–Trinajstić information content (AvgIpc) is 2.78. The zero-order valence-electron chi connectivity index (χ0n) is 9.95. The van der Waals surface area contributed by atoms with Crippen LogP contribution in [0.4, 0.5) is 17.6 Å². The lowest BCUT2D eigenvalue weighted by Gasteiger charge is -2.00. The number of ketones is 1. The van der Waals surface area contributed by atoms with Crippen molar-refractivity contribution in [3.8, 4) is 0 Å². The largest absolute Gasteiger partial charge is 0.450 e. The van der Waals surface area contributed by atoms with Crippen LogP contribution in [0.2, 0.25) is 0 Å². The molecular formula is C12H8F4N2O2. The zero-order valence-corrected chi connectivity index (χ0v) is 9.95. The minimum absolute atomic E-state index is 0.126. The highest BCUT2D eigenvalue weighted by molar-refractivity contribution is 5.85. The summed E-state index contributed by atoms with van der Waals surface area (Å²) in [5.74, 6) is -2.63. The van der Waals surface area contributed by atoms with E-state index < -0.39 is 30.1 Å². The Morgan fingerprint density at radius 1 is 1.20 bits per heavy atom. The quantitative estimate of drug-likeness (QED) is 0.811. The van der Waals surface area contributed by atoms with Gasteiger partial charge in [0.2, 0.25) is 11.7 Å². The number of carbonyl (C=O) groups is 1. The van der Waals surface area contributed by atoms with Crippen LogP contribution < -0.4 is 0 Å². The number of halogens is 4. The van der Waals surface area contributed by atoms with Gasteiger partial charge in [-0.05, 0) is 17.7 Å². The van der Waals surface area contributed by atoms with Crippen LogP contribution in [0.3, 0.4) is 0 Å². The number of hydrogen-bond donors (Lipinski definition) is 0. The van der Waals surface area contributed by atoms with Crippen LogP contribution in [0, 0.1) is 5.82 Å². The molecule has 0 spiro atoms. The Kier molecular flexibility index (Phi) is 3.82. The molecular weight excluding hydrogens is 280 g/mol. The van der Waals surface area contributed by atoms with E-state index >= 15 is 0 Å². The fourth-order valence-electron chi connectivity index (χ4n) is 1.46. The molecule has 0 bridgehead atoms. The van der Waals surface area contributed by atoms with E-state index in [1.807, 2.05) is 0 Å². The van der Waals surface area contributed by atoms with Crippen LogP contribution in [0.1, 0.15) is 17.3 Å². The van der Waals surface area contributed by atoms with Gasteiger partial charge in [0.15, 0.2) is 5.82 Å². The SMILES string of the molecule is O=C(Cc1nc(Cc2ccc(F)cc2)no1)C(F)(F)F. The second-order valence-electron chi connectivity index (χ2n) is 4.01. The lowest BCUT2D eigenvalue weighted by molar-refractivity contribution is -0.170. The van der Waals surface area contributed by atoms with Crippen molar-refractivity contribution in [1.29, 1.82) is 0 Å². The van der Waals surface area contributed by atoms with Crippen LogP contribution >= 0.6 is 0 Å². The molecule has 0 aliphatic rings. The van der Waals surface area contributed by atoms with Gasteiger partial charge in [-0.1, -0.05) is 17.3 Å². The van der Waals surface area contributed by atoms with Crippen LogP contribution in [-0.4, -0.2) is 22.1 Å². The van der Waals surface area contributed by atoms with Crippen molar-refractivity contribution >= 4 is 5.78 Å². The molecule has 2 aromatic rings. The molecule has 0 amide bonds. The Morgan fingerprint density at radius 2 is 1.85 bits per heavy atom. The van der Waals surface area contributed by atoms with Crippen molar-refractivity contribution in [2.45, 2.75) is 19.0 Å². The molecule has 1 heterocycles. The Morgan fingerprint density at radius 3 is 2.45 bits per heavy atom. The second-order valence-corrected chi connectivity index (χ2v) is 4.01.